The van der Waals surface area contributed by atoms with E-state index in [1.165, 1.54) is 51.7 Å². The lowest BCUT2D eigenvalue weighted by molar-refractivity contribution is 0.267. The van der Waals surface area contributed by atoms with Gasteiger partial charge in [-0.15, -0.1) is 0 Å². The maximum Gasteiger partial charge on any atom is 0.104 e. The second kappa shape index (κ2) is 9.43. The van der Waals surface area contributed by atoms with E-state index in [9.17, 15) is 5.26 Å². The smallest absolute Gasteiger partial charge is 0.104 e. The zero-order chi connectivity index (χ0) is 15.7. The van der Waals surface area contributed by atoms with E-state index in [1.807, 2.05) is 6.92 Å². The SMILES string of the molecule is CCC1CCCN(CCCCC(C)(C#N)NC(C)C)CC1. The van der Waals surface area contributed by atoms with Crippen molar-refractivity contribution in [2.24, 2.45) is 5.92 Å². The summed E-state index contributed by atoms with van der Waals surface area (Å²) < 4.78 is 0. The van der Waals surface area contributed by atoms with Crippen LogP contribution < -0.4 is 5.32 Å². The van der Waals surface area contributed by atoms with Gasteiger partial charge in [-0.05, 0) is 84.8 Å². The average molecular weight is 293 g/mol. The van der Waals surface area contributed by atoms with Crippen LogP contribution in [0.25, 0.3) is 0 Å². The van der Waals surface area contributed by atoms with E-state index in [0.29, 0.717) is 6.04 Å². The van der Waals surface area contributed by atoms with Crippen LogP contribution in [0.4, 0.5) is 0 Å². The van der Waals surface area contributed by atoms with Gasteiger partial charge in [-0.1, -0.05) is 13.3 Å². The second-order valence-electron chi connectivity index (χ2n) is 7.25. The molecule has 1 aliphatic heterocycles. The highest BCUT2D eigenvalue weighted by Gasteiger charge is 2.23. The minimum atomic E-state index is -0.361. The van der Waals surface area contributed by atoms with Gasteiger partial charge in [-0.3, -0.25) is 5.32 Å². The maximum absolute atomic E-state index is 9.35. The van der Waals surface area contributed by atoms with Gasteiger partial charge in [0.05, 0.1) is 6.07 Å². The van der Waals surface area contributed by atoms with E-state index in [4.69, 9.17) is 0 Å². The van der Waals surface area contributed by atoms with Crippen molar-refractivity contribution in [1.82, 2.24) is 10.2 Å². The van der Waals surface area contributed by atoms with Crippen LogP contribution >= 0.6 is 0 Å². The summed E-state index contributed by atoms with van der Waals surface area (Å²) in [4.78, 5) is 2.63. The zero-order valence-electron chi connectivity index (χ0n) is 14.6. The molecule has 0 amide bonds. The Hall–Kier alpha value is -0.590. The monoisotopic (exact) mass is 293 g/mol. The molecule has 0 saturated carbocycles. The normalized spacial score (nSPS) is 23.5. The molecule has 0 aromatic rings. The summed E-state index contributed by atoms with van der Waals surface area (Å²) in [6.07, 6.45) is 8.80. The van der Waals surface area contributed by atoms with Gasteiger partial charge in [-0.2, -0.15) is 5.26 Å². The van der Waals surface area contributed by atoms with E-state index < -0.39 is 0 Å². The first-order chi connectivity index (χ1) is 9.99. The van der Waals surface area contributed by atoms with E-state index in [1.54, 1.807) is 0 Å². The lowest BCUT2D eigenvalue weighted by Gasteiger charge is -2.26. The zero-order valence-corrected chi connectivity index (χ0v) is 14.6. The highest BCUT2D eigenvalue weighted by atomic mass is 15.1. The van der Waals surface area contributed by atoms with Crippen molar-refractivity contribution in [3.05, 3.63) is 0 Å². The Morgan fingerprint density at radius 3 is 2.67 bits per heavy atom. The molecule has 1 saturated heterocycles. The third-order valence-corrected chi connectivity index (χ3v) is 4.77. The van der Waals surface area contributed by atoms with Crippen molar-refractivity contribution in [3.8, 4) is 6.07 Å². The minimum absolute atomic E-state index is 0.361. The Bertz CT molecular complexity index is 321. The number of nitriles is 1. The van der Waals surface area contributed by atoms with Gasteiger partial charge in [0.25, 0.3) is 0 Å². The van der Waals surface area contributed by atoms with Crippen LogP contribution in [-0.4, -0.2) is 36.1 Å². The fraction of sp³-hybridized carbons (Fsp3) is 0.944. The van der Waals surface area contributed by atoms with Gasteiger partial charge in [0.1, 0.15) is 5.54 Å². The number of hydrogen-bond acceptors (Lipinski definition) is 3. The van der Waals surface area contributed by atoms with E-state index in [-0.39, 0.29) is 5.54 Å². The molecule has 1 fully saturated rings. The molecule has 0 bridgehead atoms. The number of rotatable bonds is 8. The highest BCUT2D eigenvalue weighted by molar-refractivity contribution is 5.04. The maximum atomic E-state index is 9.35. The van der Waals surface area contributed by atoms with E-state index in [2.05, 4.69) is 37.1 Å². The largest absolute Gasteiger partial charge is 0.303 e. The van der Waals surface area contributed by atoms with Crippen LogP contribution in [-0.2, 0) is 0 Å². The van der Waals surface area contributed by atoms with E-state index in [0.717, 1.165) is 18.8 Å². The summed E-state index contributed by atoms with van der Waals surface area (Å²) in [6.45, 7) is 12.3. The van der Waals surface area contributed by atoms with Crippen molar-refractivity contribution < 1.29 is 0 Å². The molecule has 1 rings (SSSR count). The molecule has 0 aromatic heterocycles. The number of nitrogens with zero attached hydrogens (tertiary/aromatic N) is 2. The predicted molar refractivity (Wildman–Crippen MR) is 90.2 cm³/mol. The predicted octanol–water partition coefficient (Wildman–Crippen LogP) is 3.95. The standard InChI is InChI=1S/C18H35N3/c1-5-17-9-8-13-21(14-10-17)12-7-6-11-18(4,15-19)20-16(2)3/h16-17,20H,5-14H2,1-4H3. The molecule has 0 aromatic carbocycles. The van der Waals surface area contributed by atoms with Gasteiger partial charge >= 0.3 is 0 Å². The molecular weight excluding hydrogens is 258 g/mol. The Balaban J connectivity index is 2.23. The molecule has 2 unspecified atom stereocenters. The minimum Gasteiger partial charge on any atom is -0.303 e. The summed E-state index contributed by atoms with van der Waals surface area (Å²) >= 11 is 0. The molecule has 0 radical (unpaired) electrons. The second-order valence-corrected chi connectivity index (χ2v) is 7.25. The van der Waals surface area contributed by atoms with Crippen LogP contribution in [0.3, 0.4) is 0 Å². The molecule has 3 heteroatoms. The molecule has 3 nitrogen and oxygen atoms in total. The molecule has 1 heterocycles. The number of hydrogen-bond donors (Lipinski definition) is 1. The lowest BCUT2D eigenvalue weighted by Crippen LogP contribution is -2.45. The van der Waals surface area contributed by atoms with Crippen LogP contribution in [0.2, 0.25) is 0 Å². The van der Waals surface area contributed by atoms with Gasteiger partial charge in [0.2, 0.25) is 0 Å². The van der Waals surface area contributed by atoms with Crippen LogP contribution in [0.15, 0.2) is 0 Å². The first-order valence-corrected chi connectivity index (χ1v) is 8.90. The summed E-state index contributed by atoms with van der Waals surface area (Å²) in [5.74, 6) is 0.951. The molecule has 0 aliphatic carbocycles. The van der Waals surface area contributed by atoms with Gasteiger partial charge in [0.15, 0.2) is 0 Å². The van der Waals surface area contributed by atoms with Crippen molar-refractivity contribution in [1.29, 1.82) is 5.26 Å². The molecule has 2 atom stereocenters. The Morgan fingerprint density at radius 2 is 2.05 bits per heavy atom. The van der Waals surface area contributed by atoms with Crippen LogP contribution in [0, 0.1) is 17.2 Å². The summed E-state index contributed by atoms with van der Waals surface area (Å²) in [7, 11) is 0. The quantitative estimate of drug-likeness (QED) is 0.689. The Morgan fingerprint density at radius 1 is 1.29 bits per heavy atom. The lowest BCUT2D eigenvalue weighted by atomic mass is 9.95. The van der Waals surface area contributed by atoms with Crippen molar-refractivity contribution >= 4 is 0 Å². The topological polar surface area (TPSA) is 39.1 Å². The van der Waals surface area contributed by atoms with Crippen molar-refractivity contribution in [3.63, 3.8) is 0 Å². The summed E-state index contributed by atoms with van der Waals surface area (Å²) in [5, 5.41) is 12.7. The van der Waals surface area contributed by atoms with Crippen LogP contribution in [0.5, 0.6) is 0 Å². The fourth-order valence-electron chi connectivity index (χ4n) is 3.47. The highest BCUT2D eigenvalue weighted by Crippen LogP contribution is 2.21. The molecule has 21 heavy (non-hydrogen) atoms. The molecule has 0 spiro atoms. The van der Waals surface area contributed by atoms with Crippen molar-refractivity contribution in [2.45, 2.75) is 84.2 Å². The van der Waals surface area contributed by atoms with Gasteiger partial charge in [0, 0.05) is 6.04 Å². The third kappa shape index (κ3) is 7.29. The fourth-order valence-corrected chi connectivity index (χ4v) is 3.47. The van der Waals surface area contributed by atoms with Crippen LogP contribution in [0.1, 0.15) is 72.6 Å². The summed E-state index contributed by atoms with van der Waals surface area (Å²) in [5.41, 5.74) is -0.361. The van der Waals surface area contributed by atoms with Crippen molar-refractivity contribution in [2.75, 3.05) is 19.6 Å². The first-order valence-electron chi connectivity index (χ1n) is 8.90. The van der Waals surface area contributed by atoms with Gasteiger partial charge < -0.3 is 4.90 Å². The number of nitrogens with one attached hydrogen (secondary N) is 1. The Labute approximate surface area is 132 Å². The molecule has 1 N–H and O–H groups in total. The molecule has 1 aliphatic rings. The molecule has 122 valence electrons. The average Bonchev–Trinajstić information content (AvgIpc) is 2.68. The number of unbranched alkanes of at least 4 members (excludes halogenated alkanes) is 1. The molecular formula is C18H35N3. The third-order valence-electron chi connectivity index (χ3n) is 4.77. The van der Waals surface area contributed by atoms with Gasteiger partial charge in [-0.25, -0.2) is 0 Å². The number of likely N-dealkylation sites (tertiary alicyclic amines) is 1. The Kier molecular flexibility index (Phi) is 8.29. The van der Waals surface area contributed by atoms with E-state index >= 15 is 0 Å². The first kappa shape index (κ1) is 18.5. The summed E-state index contributed by atoms with van der Waals surface area (Å²) in [6, 6.07) is 2.81.